The fourth-order valence-corrected chi connectivity index (χ4v) is 5.15. The molecule has 0 saturated carbocycles. The van der Waals surface area contributed by atoms with Crippen LogP contribution in [-0.2, 0) is 25.7 Å². The van der Waals surface area contributed by atoms with Gasteiger partial charge in [0.15, 0.2) is 5.17 Å². The number of nitrogens with zero attached hydrogens (tertiary/aromatic N) is 2. The van der Waals surface area contributed by atoms with Gasteiger partial charge in [-0.05, 0) is 42.5 Å². The van der Waals surface area contributed by atoms with Crippen LogP contribution in [0.15, 0.2) is 82.0 Å². The summed E-state index contributed by atoms with van der Waals surface area (Å²) >= 11 is 1.44. The number of carbonyl (C=O) groups excluding carboxylic acids is 2. The lowest BCUT2D eigenvalue weighted by Crippen LogP contribution is -2.38. The van der Waals surface area contributed by atoms with E-state index in [1.165, 1.54) is 11.8 Å². The largest absolute Gasteiger partial charge is 0.489 e. The molecule has 9 heteroatoms. The molecule has 4 rings (SSSR count). The molecule has 0 radical (unpaired) electrons. The van der Waals surface area contributed by atoms with Gasteiger partial charge in [-0.25, -0.2) is 9.79 Å². The Balaban J connectivity index is 1.64. The highest BCUT2D eigenvalue weighted by molar-refractivity contribution is 8.16. The lowest BCUT2D eigenvalue weighted by molar-refractivity contribution is -0.139. The van der Waals surface area contributed by atoms with Gasteiger partial charge in [-0.2, -0.15) is 0 Å². The molecule has 1 unspecified atom stereocenters. The summed E-state index contributed by atoms with van der Waals surface area (Å²) in [7, 11) is 1.59. The van der Waals surface area contributed by atoms with Crippen molar-refractivity contribution in [1.82, 2.24) is 10.2 Å². The standard InChI is InChI=1S/C28H31N3O5S/c1-4-35-27(33)25-19(2)30-28-31(22(18-37-28)16-24(32)29-13-14-34-3)26(25)21-11-8-12-23(15-21)36-17-20-9-6-5-7-10-20/h5-12,15,18,26H,4,13-14,16-17H2,1-3H3,(H,29,32). The summed E-state index contributed by atoms with van der Waals surface area (Å²) < 4.78 is 16.5. The number of aliphatic imine (C=N–C) groups is 1. The molecular weight excluding hydrogens is 490 g/mol. The number of carbonyl (C=O) groups is 2. The highest BCUT2D eigenvalue weighted by atomic mass is 32.2. The first-order valence-electron chi connectivity index (χ1n) is 12.2. The summed E-state index contributed by atoms with van der Waals surface area (Å²) in [5, 5.41) is 5.49. The molecule has 37 heavy (non-hydrogen) atoms. The molecule has 0 aliphatic carbocycles. The molecule has 0 spiro atoms. The van der Waals surface area contributed by atoms with Crippen LogP contribution < -0.4 is 10.1 Å². The maximum Gasteiger partial charge on any atom is 0.338 e. The molecule has 0 aromatic heterocycles. The molecule has 0 bridgehead atoms. The van der Waals surface area contributed by atoms with E-state index >= 15 is 0 Å². The van der Waals surface area contributed by atoms with Gasteiger partial charge in [-0.1, -0.05) is 54.2 Å². The Bertz CT molecular complexity index is 1230. The number of thioether (sulfide) groups is 1. The Kier molecular flexibility index (Phi) is 9.03. The second kappa shape index (κ2) is 12.6. The van der Waals surface area contributed by atoms with E-state index in [0.717, 1.165) is 16.8 Å². The van der Waals surface area contributed by atoms with Crippen LogP contribution in [0.25, 0.3) is 0 Å². The third-order valence-corrected chi connectivity index (χ3v) is 6.78. The zero-order valence-corrected chi connectivity index (χ0v) is 22.0. The van der Waals surface area contributed by atoms with Crippen LogP contribution in [-0.4, -0.2) is 48.8 Å². The first-order valence-corrected chi connectivity index (χ1v) is 13.0. The number of amides is 1. The van der Waals surface area contributed by atoms with E-state index < -0.39 is 12.0 Å². The van der Waals surface area contributed by atoms with Crippen LogP contribution in [0, 0.1) is 0 Å². The van der Waals surface area contributed by atoms with Crippen molar-refractivity contribution in [2.24, 2.45) is 4.99 Å². The lowest BCUT2D eigenvalue weighted by atomic mass is 9.93. The summed E-state index contributed by atoms with van der Waals surface area (Å²) in [4.78, 5) is 32.4. The van der Waals surface area contributed by atoms with E-state index in [0.29, 0.717) is 41.9 Å². The highest BCUT2D eigenvalue weighted by Gasteiger charge is 2.41. The van der Waals surface area contributed by atoms with Crippen LogP contribution in [0.3, 0.4) is 0 Å². The molecule has 8 nitrogen and oxygen atoms in total. The second-order valence-electron chi connectivity index (χ2n) is 8.48. The minimum absolute atomic E-state index is 0.132. The SMILES string of the molecule is CCOC(=O)C1=C(C)N=C2SC=C(CC(=O)NCCOC)N2C1c1cccc(OCc2ccccc2)c1. The number of hydrogen-bond donors (Lipinski definition) is 1. The minimum Gasteiger partial charge on any atom is -0.489 e. The molecule has 194 valence electrons. The number of allylic oxidation sites excluding steroid dienone is 1. The Morgan fingerprint density at radius 1 is 1.14 bits per heavy atom. The van der Waals surface area contributed by atoms with Crippen LogP contribution in [0.1, 0.15) is 37.4 Å². The van der Waals surface area contributed by atoms with E-state index in [2.05, 4.69) is 10.3 Å². The van der Waals surface area contributed by atoms with Gasteiger partial charge >= 0.3 is 5.97 Å². The zero-order chi connectivity index (χ0) is 26.2. The molecular formula is C28H31N3O5S. The summed E-state index contributed by atoms with van der Waals surface area (Å²) in [6.45, 7) is 5.12. The number of methoxy groups -OCH3 is 1. The molecule has 2 aliphatic heterocycles. The van der Waals surface area contributed by atoms with Crippen molar-refractivity contribution in [1.29, 1.82) is 0 Å². The summed E-state index contributed by atoms with van der Waals surface area (Å²) in [5.41, 5.74) is 3.70. The molecule has 2 aromatic rings. The van der Waals surface area contributed by atoms with Crippen molar-refractivity contribution in [3.8, 4) is 5.75 Å². The summed E-state index contributed by atoms with van der Waals surface area (Å²) in [6, 6.07) is 17.1. The van der Waals surface area contributed by atoms with Crippen molar-refractivity contribution < 1.29 is 23.8 Å². The number of ether oxygens (including phenoxy) is 3. The zero-order valence-electron chi connectivity index (χ0n) is 21.2. The minimum atomic E-state index is -0.514. The van der Waals surface area contributed by atoms with Gasteiger partial charge < -0.3 is 24.4 Å². The third kappa shape index (κ3) is 6.42. The number of nitrogens with one attached hydrogen (secondary N) is 1. The maximum atomic E-state index is 13.2. The van der Waals surface area contributed by atoms with E-state index in [9.17, 15) is 9.59 Å². The Hall–Kier alpha value is -3.56. The molecule has 0 fully saturated rings. The first kappa shape index (κ1) is 26.5. The van der Waals surface area contributed by atoms with Gasteiger partial charge in [-0.15, -0.1) is 0 Å². The Morgan fingerprint density at radius 2 is 1.95 bits per heavy atom. The number of rotatable bonds is 11. The lowest BCUT2D eigenvalue weighted by Gasteiger charge is -2.36. The smallest absolute Gasteiger partial charge is 0.338 e. The molecule has 0 saturated heterocycles. The summed E-state index contributed by atoms with van der Waals surface area (Å²) in [6.07, 6.45) is 0.144. The average molecular weight is 522 g/mol. The topological polar surface area (TPSA) is 89.5 Å². The number of fused-ring (bicyclic) bond motifs is 1. The fourth-order valence-electron chi connectivity index (χ4n) is 4.19. The van der Waals surface area contributed by atoms with Gasteiger partial charge in [0.05, 0.1) is 36.9 Å². The molecule has 2 heterocycles. The van der Waals surface area contributed by atoms with Gasteiger partial charge in [0.2, 0.25) is 5.91 Å². The van der Waals surface area contributed by atoms with Crippen LogP contribution in [0.4, 0.5) is 0 Å². The highest BCUT2D eigenvalue weighted by Crippen LogP contribution is 2.45. The summed E-state index contributed by atoms with van der Waals surface area (Å²) in [5.74, 6) is 0.123. The predicted molar refractivity (Wildman–Crippen MR) is 144 cm³/mol. The number of hydrogen-bond acceptors (Lipinski definition) is 8. The molecule has 1 N–H and O–H groups in total. The number of esters is 1. The van der Waals surface area contributed by atoms with Crippen molar-refractivity contribution in [2.75, 3.05) is 26.9 Å². The van der Waals surface area contributed by atoms with Crippen LogP contribution in [0.2, 0.25) is 0 Å². The Morgan fingerprint density at radius 3 is 2.70 bits per heavy atom. The first-order chi connectivity index (χ1) is 18.0. The fraction of sp³-hybridized carbons (Fsp3) is 0.321. The van der Waals surface area contributed by atoms with E-state index in [-0.39, 0.29) is 18.9 Å². The normalized spacial score (nSPS) is 16.6. The monoisotopic (exact) mass is 521 g/mol. The van der Waals surface area contributed by atoms with Gasteiger partial charge in [0.1, 0.15) is 12.4 Å². The van der Waals surface area contributed by atoms with E-state index in [1.54, 1.807) is 14.0 Å². The second-order valence-corrected chi connectivity index (χ2v) is 9.32. The molecule has 2 aromatic carbocycles. The Labute approximate surface area is 221 Å². The van der Waals surface area contributed by atoms with Crippen molar-refractivity contribution in [3.05, 3.63) is 88.1 Å². The number of amidine groups is 1. The van der Waals surface area contributed by atoms with Gasteiger partial charge in [0.25, 0.3) is 0 Å². The van der Waals surface area contributed by atoms with E-state index in [1.807, 2.05) is 71.8 Å². The average Bonchev–Trinajstić information content (AvgIpc) is 3.29. The predicted octanol–water partition coefficient (Wildman–Crippen LogP) is 4.56. The van der Waals surface area contributed by atoms with Gasteiger partial charge in [0, 0.05) is 19.4 Å². The molecule has 1 atom stereocenters. The number of benzene rings is 2. The molecule has 2 aliphatic rings. The van der Waals surface area contributed by atoms with Crippen molar-refractivity contribution in [2.45, 2.75) is 32.9 Å². The quantitative estimate of drug-likeness (QED) is 0.343. The third-order valence-electron chi connectivity index (χ3n) is 5.89. The van der Waals surface area contributed by atoms with Crippen molar-refractivity contribution in [3.63, 3.8) is 0 Å². The van der Waals surface area contributed by atoms with E-state index in [4.69, 9.17) is 14.2 Å². The van der Waals surface area contributed by atoms with Crippen LogP contribution in [0.5, 0.6) is 5.75 Å². The maximum absolute atomic E-state index is 13.2. The molecule has 1 amide bonds. The van der Waals surface area contributed by atoms with Crippen LogP contribution >= 0.6 is 11.8 Å². The van der Waals surface area contributed by atoms with Gasteiger partial charge in [-0.3, -0.25) is 4.79 Å². The van der Waals surface area contributed by atoms with Crippen molar-refractivity contribution >= 4 is 28.8 Å².